The summed E-state index contributed by atoms with van der Waals surface area (Å²) in [6, 6.07) is 3.47. The van der Waals surface area contributed by atoms with Gasteiger partial charge < -0.3 is 10.6 Å². The average molecular weight is 407 g/mol. The third-order valence-electron chi connectivity index (χ3n) is 3.18. The van der Waals surface area contributed by atoms with E-state index in [-0.39, 0.29) is 17.0 Å². The van der Waals surface area contributed by atoms with Crippen LogP contribution in [0.2, 0.25) is 0 Å². The molecule has 0 fully saturated rings. The second-order valence-corrected chi connectivity index (χ2v) is 8.04. The number of hydrogen-bond acceptors (Lipinski definition) is 5. The minimum absolute atomic E-state index is 0.0565. The first kappa shape index (κ1) is 22.7. The largest absolute Gasteiger partial charge is 0.406 e. The first-order valence-electron chi connectivity index (χ1n) is 7.75. The van der Waals surface area contributed by atoms with E-state index in [1.54, 1.807) is 20.8 Å². The van der Waals surface area contributed by atoms with Crippen molar-refractivity contribution in [2.45, 2.75) is 31.8 Å². The second-order valence-electron chi connectivity index (χ2n) is 7.02. The Morgan fingerprint density at radius 2 is 1.81 bits per heavy atom. The van der Waals surface area contributed by atoms with Crippen LogP contribution in [0.1, 0.15) is 31.1 Å². The molecule has 2 N–H and O–H groups in total. The number of nitro groups is 1. The smallest absolute Gasteiger partial charge is 0.366 e. The van der Waals surface area contributed by atoms with Gasteiger partial charge in [-0.2, -0.15) is 13.2 Å². The van der Waals surface area contributed by atoms with Crippen LogP contribution >= 0.6 is 11.8 Å². The first-order chi connectivity index (χ1) is 12.2. The van der Waals surface area contributed by atoms with E-state index in [9.17, 15) is 32.9 Å². The summed E-state index contributed by atoms with van der Waals surface area (Å²) in [6.45, 7) is 3.58. The van der Waals surface area contributed by atoms with Crippen LogP contribution in [0.4, 0.5) is 18.9 Å². The minimum atomic E-state index is -4.55. The molecule has 0 saturated heterocycles. The van der Waals surface area contributed by atoms with E-state index in [0.29, 0.717) is 4.90 Å². The molecule has 0 spiro atoms. The number of primary amides is 1. The van der Waals surface area contributed by atoms with Gasteiger partial charge in [-0.05, 0) is 17.5 Å². The Morgan fingerprint density at radius 3 is 2.26 bits per heavy atom. The molecule has 0 atom stereocenters. The van der Waals surface area contributed by atoms with E-state index in [0.717, 1.165) is 17.8 Å². The Morgan fingerprint density at radius 1 is 1.22 bits per heavy atom. The molecule has 1 aromatic rings. The molecule has 1 rings (SSSR count). The predicted octanol–water partition coefficient (Wildman–Crippen LogP) is 3.22. The van der Waals surface area contributed by atoms with Gasteiger partial charge in [-0.25, -0.2) is 0 Å². The molecular formula is C16H20F3N3O4S. The molecule has 0 heterocycles. The molecule has 0 unspecified atom stereocenters. The van der Waals surface area contributed by atoms with Gasteiger partial charge in [0.2, 0.25) is 11.8 Å². The standard InChI is InChI=1S/C16H20F3N3O4S/c1-15(2,3)8-21(9-16(17,18)19)13(23)7-27-12-5-4-10(14(20)24)6-11(12)22(25)26/h4-6H,7-9H2,1-3H3,(H2,20,24). The maximum Gasteiger partial charge on any atom is 0.406 e. The lowest BCUT2D eigenvalue weighted by atomic mass is 9.96. The number of nitrogens with zero attached hydrogens (tertiary/aromatic N) is 2. The Balaban J connectivity index is 2.97. The van der Waals surface area contributed by atoms with Gasteiger partial charge in [0.25, 0.3) is 5.69 Å². The maximum absolute atomic E-state index is 12.8. The highest BCUT2D eigenvalue weighted by molar-refractivity contribution is 8.00. The van der Waals surface area contributed by atoms with E-state index in [4.69, 9.17) is 5.73 Å². The van der Waals surface area contributed by atoms with Gasteiger partial charge in [0.05, 0.1) is 15.6 Å². The Hall–Kier alpha value is -2.30. The van der Waals surface area contributed by atoms with Crippen molar-refractivity contribution in [3.05, 3.63) is 33.9 Å². The summed E-state index contributed by atoms with van der Waals surface area (Å²) in [7, 11) is 0. The molecule has 0 radical (unpaired) electrons. The van der Waals surface area contributed by atoms with Crippen LogP contribution in [0.3, 0.4) is 0 Å². The van der Waals surface area contributed by atoms with E-state index < -0.39 is 46.3 Å². The average Bonchev–Trinajstić information content (AvgIpc) is 2.48. The number of amides is 2. The second kappa shape index (κ2) is 8.59. The van der Waals surface area contributed by atoms with Crippen molar-refractivity contribution < 1.29 is 27.7 Å². The topological polar surface area (TPSA) is 107 Å². The van der Waals surface area contributed by atoms with E-state index in [1.165, 1.54) is 12.1 Å². The van der Waals surface area contributed by atoms with Crippen molar-refractivity contribution in [2.75, 3.05) is 18.8 Å². The zero-order chi connectivity index (χ0) is 21.0. The van der Waals surface area contributed by atoms with Crippen LogP contribution < -0.4 is 5.73 Å². The Kier molecular flexibility index (Phi) is 7.24. The number of nitro benzene ring substituents is 1. The molecule has 0 aromatic heterocycles. The molecule has 11 heteroatoms. The molecule has 0 aliphatic rings. The van der Waals surface area contributed by atoms with Gasteiger partial charge in [0, 0.05) is 18.2 Å². The zero-order valence-corrected chi connectivity index (χ0v) is 15.8. The van der Waals surface area contributed by atoms with Crippen molar-refractivity contribution >= 4 is 29.3 Å². The van der Waals surface area contributed by atoms with Crippen LogP contribution in [0.5, 0.6) is 0 Å². The number of hydrogen-bond donors (Lipinski definition) is 1. The van der Waals surface area contributed by atoms with Gasteiger partial charge in [0.1, 0.15) is 6.54 Å². The van der Waals surface area contributed by atoms with Gasteiger partial charge in [-0.3, -0.25) is 19.7 Å². The summed E-state index contributed by atoms with van der Waals surface area (Å²) >= 11 is 0.732. The fraction of sp³-hybridized carbons (Fsp3) is 0.500. The lowest BCUT2D eigenvalue weighted by molar-refractivity contribution is -0.387. The van der Waals surface area contributed by atoms with E-state index in [1.807, 2.05) is 0 Å². The normalized spacial score (nSPS) is 11.9. The molecule has 2 amide bonds. The van der Waals surface area contributed by atoms with Crippen molar-refractivity contribution in [3.8, 4) is 0 Å². The minimum Gasteiger partial charge on any atom is -0.366 e. The van der Waals surface area contributed by atoms with Crippen LogP contribution in [-0.2, 0) is 4.79 Å². The van der Waals surface area contributed by atoms with Crippen molar-refractivity contribution in [2.24, 2.45) is 11.1 Å². The van der Waals surface area contributed by atoms with Gasteiger partial charge in [-0.15, -0.1) is 11.8 Å². The van der Waals surface area contributed by atoms with E-state index in [2.05, 4.69) is 0 Å². The van der Waals surface area contributed by atoms with Crippen molar-refractivity contribution in [3.63, 3.8) is 0 Å². The lowest BCUT2D eigenvalue weighted by Gasteiger charge is -2.30. The van der Waals surface area contributed by atoms with Crippen LogP contribution in [0.15, 0.2) is 23.1 Å². The van der Waals surface area contributed by atoms with Gasteiger partial charge in [-0.1, -0.05) is 20.8 Å². The molecule has 0 aliphatic heterocycles. The lowest BCUT2D eigenvalue weighted by Crippen LogP contribution is -2.44. The third-order valence-corrected chi connectivity index (χ3v) is 4.23. The zero-order valence-electron chi connectivity index (χ0n) is 15.0. The quantitative estimate of drug-likeness (QED) is 0.424. The number of nitrogens with two attached hydrogens (primary N) is 1. The monoisotopic (exact) mass is 407 g/mol. The molecule has 0 saturated carbocycles. The summed E-state index contributed by atoms with van der Waals surface area (Å²) < 4.78 is 38.3. The van der Waals surface area contributed by atoms with Crippen molar-refractivity contribution in [1.29, 1.82) is 0 Å². The number of carbonyl (C=O) groups is 2. The summed E-state index contributed by atoms with van der Waals surface area (Å²) in [4.78, 5) is 34.6. The molecule has 0 bridgehead atoms. The predicted molar refractivity (Wildman–Crippen MR) is 94.4 cm³/mol. The fourth-order valence-electron chi connectivity index (χ4n) is 2.19. The Labute approximate surface area is 158 Å². The summed E-state index contributed by atoms with van der Waals surface area (Å²) in [6.07, 6.45) is -4.55. The highest BCUT2D eigenvalue weighted by Gasteiger charge is 2.34. The molecule has 0 aliphatic carbocycles. The van der Waals surface area contributed by atoms with Crippen molar-refractivity contribution in [1.82, 2.24) is 4.90 Å². The van der Waals surface area contributed by atoms with Crippen LogP contribution in [0, 0.1) is 15.5 Å². The highest BCUT2D eigenvalue weighted by Crippen LogP contribution is 2.31. The van der Waals surface area contributed by atoms with E-state index >= 15 is 0 Å². The summed E-state index contributed by atoms with van der Waals surface area (Å²) in [5, 5.41) is 11.1. The number of rotatable bonds is 7. The van der Waals surface area contributed by atoms with Gasteiger partial charge in [0.15, 0.2) is 0 Å². The molecule has 7 nitrogen and oxygen atoms in total. The number of carbonyl (C=O) groups excluding carboxylic acids is 2. The van der Waals surface area contributed by atoms with Gasteiger partial charge >= 0.3 is 6.18 Å². The number of alkyl halides is 3. The third kappa shape index (κ3) is 7.85. The maximum atomic E-state index is 12.8. The fourth-order valence-corrected chi connectivity index (χ4v) is 3.09. The number of halogens is 3. The molecule has 27 heavy (non-hydrogen) atoms. The first-order valence-corrected chi connectivity index (χ1v) is 8.74. The molecule has 150 valence electrons. The summed E-state index contributed by atoms with van der Waals surface area (Å²) in [5.41, 5.74) is 4.00. The Bertz CT molecular complexity index is 717. The molecular weight excluding hydrogens is 387 g/mol. The summed E-state index contributed by atoms with van der Waals surface area (Å²) in [5.74, 6) is -2.06. The SMILES string of the molecule is CC(C)(C)CN(CC(F)(F)F)C(=O)CSc1ccc(C(N)=O)cc1[N+](=O)[O-]. The van der Waals surface area contributed by atoms with Crippen LogP contribution in [0.25, 0.3) is 0 Å². The number of thioether (sulfide) groups is 1. The number of benzene rings is 1. The van der Waals surface area contributed by atoms with Crippen LogP contribution in [-0.4, -0.2) is 46.7 Å². The molecule has 1 aromatic carbocycles. The highest BCUT2D eigenvalue weighted by atomic mass is 32.2.